The number of para-hydroxylation sites is 2. The van der Waals surface area contributed by atoms with Gasteiger partial charge in [-0.3, -0.25) is 14.9 Å². The van der Waals surface area contributed by atoms with E-state index in [1.54, 1.807) is 67.6 Å². The fraction of sp³-hybridized carbons (Fsp3) is 0.0800. The van der Waals surface area contributed by atoms with Crippen molar-refractivity contribution in [2.75, 3.05) is 10.6 Å². The number of anilines is 2. The molecule has 3 aromatic carbocycles. The van der Waals surface area contributed by atoms with Crippen LogP contribution in [-0.2, 0) is 4.79 Å². The number of hydrogen-bond acceptors (Lipinski definition) is 6. The number of allylic oxidation sites excluding steroid dienone is 1. The lowest BCUT2D eigenvalue weighted by Crippen LogP contribution is -2.31. The molecule has 1 atom stereocenters. The molecule has 35 heavy (non-hydrogen) atoms. The number of nitro benzene ring substituents is 1. The Kier molecular flexibility index (Phi) is 5.76. The molecule has 0 fully saturated rings. The van der Waals surface area contributed by atoms with Crippen molar-refractivity contribution in [1.82, 2.24) is 14.8 Å². The minimum Gasteiger partial charge on any atom is -0.328 e. The average molecular weight is 487 g/mol. The van der Waals surface area contributed by atoms with E-state index in [4.69, 9.17) is 11.6 Å². The Morgan fingerprint density at radius 1 is 1.06 bits per heavy atom. The highest BCUT2D eigenvalue weighted by Gasteiger charge is 2.38. The minimum absolute atomic E-state index is 0.127. The van der Waals surface area contributed by atoms with Gasteiger partial charge in [0.05, 0.1) is 21.1 Å². The molecule has 0 aliphatic carbocycles. The summed E-state index contributed by atoms with van der Waals surface area (Å²) in [5.74, 6) is 0.265. The van der Waals surface area contributed by atoms with Crippen LogP contribution in [0.4, 0.5) is 17.3 Å². The van der Waals surface area contributed by atoms with E-state index in [-0.39, 0.29) is 11.3 Å². The fourth-order valence-electron chi connectivity index (χ4n) is 4.09. The zero-order chi connectivity index (χ0) is 24.5. The smallest absolute Gasteiger partial charge is 0.275 e. The molecular formula is C25H19ClN6O3. The standard InChI is InChI=1S/C25H19ClN6O3/c1-15-21(24(33)28-16-9-3-2-4-10-16)22(18-12-6-8-14-20(18)32(34)35)31-25(27-15)29-23(30-31)17-11-5-7-13-19(17)26/h2-14,22H,1H3,(H,28,33)(H,27,29,30)/t22-/m0/s1. The van der Waals surface area contributed by atoms with E-state index in [0.717, 1.165) is 0 Å². The molecule has 5 rings (SSSR count). The predicted molar refractivity (Wildman–Crippen MR) is 133 cm³/mol. The first kappa shape index (κ1) is 22.3. The van der Waals surface area contributed by atoms with Crippen LogP contribution in [0.25, 0.3) is 11.4 Å². The number of nitrogens with zero attached hydrogens (tertiary/aromatic N) is 4. The Morgan fingerprint density at radius 3 is 2.49 bits per heavy atom. The number of carbonyl (C=O) groups excluding carboxylic acids is 1. The van der Waals surface area contributed by atoms with Gasteiger partial charge in [-0.15, -0.1) is 5.10 Å². The van der Waals surface area contributed by atoms with Crippen LogP contribution in [0.3, 0.4) is 0 Å². The molecule has 0 spiro atoms. The van der Waals surface area contributed by atoms with Gasteiger partial charge in [0.25, 0.3) is 11.6 Å². The Morgan fingerprint density at radius 2 is 1.74 bits per heavy atom. The van der Waals surface area contributed by atoms with E-state index in [1.165, 1.54) is 10.7 Å². The number of nitrogens with one attached hydrogen (secondary N) is 2. The van der Waals surface area contributed by atoms with Crippen molar-refractivity contribution < 1.29 is 9.72 Å². The van der Waals surface area contributed by atoms with Gasteiger partial charge in [-0.2, -0.15) is 4.98 Å². The molecule has 1 aliphatic heterocycles. The molecule has 1 aliphatic rings. The summed E-state index contributed by atoms with van der Waals surface area (Å²) in [6.07, 6.45) is 0. The van der Waals surface area contributed by atoms with Crippen molar-refractivity contribution in [1.29, 1.82) is 0 Å². The van der Waals surface area contributed by atoms with Gasteiger partial charge in [0, 0.05) is 23.0 Å². The van der Waals surface area contributed by atoms with Crippen LogP contribution in [0.5, 0.6) is 0 Å². The maximum Gasteiger partial charge on any atom is 0.275 e. The molecule has 10 heteroatoms. The molecule has 1 aromatic heterocycles. The first-order valence-corrected chi connectivity index (χ1v) is 11.1. The van der Waals surface area contributed by atoms with E-state index in [0.29, 0.717) is 39.3 Å². The van der Waals surface area contributed by atoms with E-state index in [2.05, 4.69) is 20.7 Å². The maximum absolute atomic E-state index is 13.5. The topological polar surface area (TPSA) is 115 Å². The Bertz CT molecular complexity index is 1480. The van der Waals surface area contributed by atoms with Crippen molar-refractivity contribution in [2.24, 2.45) is 0 Å². The summed E-state index contributed by atoms with van der Waals surface area (Å²) in [5, 5.41) is 23.0. The van der Waals surface area contributed by atoms with Gasteiger partial charge >= 0.3 is 0 Å². The third-order valence-corrected chi connectivity index (χ3v) is 6.00. The number of benzene rings is 3. The largest absolute Gasteiger partial charge is 0.328 e. The van der Waals surface area contributed by atoms with Crippen LogP contribution >= 0.6 is 11.6 Å². The van der Waals surface area contributed by atoms with Crippen LogP contribution in [0.2, 0.25) is 5.02 Å². The lowest BCUT2D eigenvalue weighted by molar-refractivity contribution is -0.385. The molecule has 0 radical (unpaired) electrons. The summed E-state index contributed by atoms with van der Waals surface area (Å²) < 4.78 is 1.49. The van der Waals surface area contributed by atoms with Gasteiger partial charge in [0.1, 0.15) is 6.04 Å². The summed E-state index contributed by atoms with van der Waals surface area (Å²) in [5.41, 5.74) is 2.18. The number of amides is 1. The van der Waals surface area contributed by atoms with E-state index in [1.807, 2.05) is 12.1 Å². The van der Waals surface area contributed by atoms with Crippen LogP contribution in [-0.4, -0.2) is 25.6 Å². The molecule has 0 saturated carbocycles. The SMILES string of the molecule is CC1=C(C(=O)Nc2ccccc2)[C@H](c2ccccc2[N+](=O)[O-])n2nc(-c3ccccc3Cl)nc2N1. The second kappa shape index (κ2) is 9.03. The molecule has 9 nitrogen and oxygen atoms in total. The normalized spacial score (nSPS) is 14.7. The zero-order valence-corrected chi connectivity index (χ0v) is 19.2. The summed E-state index contributed by atoms with van der Waals surface area (Å²) in [6, 6.07) is 21.5. The van der Waals surface area contributed by atoms with Gasteiger partial charge in [-0.25, -0.2) is 4.68 Å². The lowest BCUT2D eigenvalue weighted by Gasteiger charge is -2.28. The molecular weight excluding hydrogens is 468 g/mol. The Labute approximate surface area is 205 Å². The van der Waals surface area contributed by atoms with Crippen molar-refractivity contribution >= 4 is 34.8 Å². The number of hydrogen-bond donors (Lipinski definition) is 2. The highest BCUT2D eigenvalue weighted by atomic mass is 35.5. The van der Waals surface area contributed by atoms with Gasteiger partial charge in [0.15, 0.2) is 5.82 Å². The highest BCUT2D eigenvalue weighted by molar-refractivity contribution is 6.33. The van der Waals surface area contributed by atoms with Crippen molar-refractivity contribution in [3.63, 3.8) is 0 Å². The molecule has 1 amide bonds. The summed E-state index contributed by atoms with van der Waals surface area (Å²) in [4.78, 5) is 29.5. The quantitative estimate of drug-likeness (QED) is 0.287. The zero-order valence-electron chi connectivity index (χ0n) is 18.5. The van der Waals surface area contributed by atoms with E-state index < -0.39 is 16.9 Å². The number of fused-ring (bicyclic) bond motifs is 1. The van der Waals surface area contributed by atoms with Crippen LogP contribution in [0.1, 0.15) is 18.5 Å². The summed E-state index contributed by atoms with van der Waals surface area (Å²) >= 11 is 6.37. The first-order chi connectivity index (χ1) is 16.9. The van der Waals surface area contributed by atoms with Crippen LogP contribution in [0.15, 0.2) is 90.1 Å². The van der Waals surface area contributed by atoms with Gasteiger partial charge in [0.2, 0.25) is 5.95 Å². The summed E-state index contributed by atoms with van der Waals surface area (Å²) in [7, 11) is 0. The number of aromatic nitrogens is 3. The first-order valence-electron chi connectivity index (χ1n) is 10.7. The summed E-state index contributed by atoms with van der Waals surface area (Å²) in [6.45, 7) is 1.73. The molecule has 4 aromatic rings. The predicted octanol–water partition coefficient (Wildman–Crippen LogP) is 5.43. The van der Waals surface area contributed by atoms with Gasteiger partial charge in [-0.05, 0) is 37.3 Å². The van der Waals surface area contributed by atoms with Crippen molar-refractivity contribution in [3.05, 3.63) is 111 Å². The van der Waals surface area contributed by atoms with Gasteiger partial charge in [-0.1, -0.05) is 54.1 Å². The molecule has 2 heterocycles. The second-order valence-electron chi connectivity index (χ2n) is 7.89. The lowest BCUT2D eigenvalue weighted by atomic mass is 9.93. The monoisotopic (exact) mass is 486 g/mol. The molecule has 174 valence electrons. The number of carbonyl (C=O) groups is 1. The fourth-order valence-corrected chi connectivity index (χ4v) is 4.31. The van der Waals surface area contributed by atoms with Gasteiger partial charge < -0.3 is 10.6 Å². The molecule has 0 saturated heterocycles. The third kappa shape index (κ3) is 4.13. The second-order valence-corrected chi connectivity index (χ2v) is 8.29. The third-order valence-electron chi connectivity index (χ3n) is 5.67. The molecule has 0 unspecified atom stereocenters. The molecule has 0 bridgehead atoms. The van der Waals surface area contributed by atoms with Crippen molar-refractivity contribution in [3.8, 4) is 11.4 Å². The van der Waals surface area contributed by atoms with Crippen LogP contribution in [0, 0.1) is 10.1 Å². The molecule has 2 N–H and O–H groups in total. The Hall–Kier alpha value is -4.50. The number of rotatable bonds is 5. The van der Waals surface area contributed by atoms with E-state index >= 15 is 0 Å². The van der Waals surface area contributed by atoms with Crippen LogP contribution < -0.4 is 10.6 Å². The average Bonchev–Trinajstić information content (AvgIpc) is 3.27. The number of halogens is 1. The maximum atomic E-state index is 13.5. The van der Waals surface area contributed by atoms with Crippen molar-refractivity contribution in [2.45, 2.75) is 13.0 Å². The minimum atomic E-state index is -0.903. The highest BCUT2D eigenvalue weighted by Crippen LogP contribution is 2.40. The Balaban J connectivity index is 1.68. The van der Waals surface area contributed by atoms with E-state index in [9.17, 15) is 14.9 Å². The number of nitro groups is 1.